The lowest BCUT2D eigenvalue weighted by Gasteiger charge is -2.35. The fourth-order valence-electron chi connectivity index (χ4n) is 4.04. The SMILES string of the molecule is NC(=O)C1CCN(C(=S)NC2CC3CCC2C3)CC1. The van der Waals surface area contributed by atoms with E-state index in [0.717, 1.165) is 42.9 Å². The van der Waals surface area contributed by atoms with Gasteiger partial charge in [-0.1, -0.05) is 6.42 Å². The van der Waals surface area contributed by atoms with E-state index in [9.17, 15) is 4.79 Å². The number of carbonyl (C=O) groups is 1. The number of hydrogen-bond donors (Lipinski definition) is 2. The molecule has 3 atom stereocenters. The van der Waals surface area contributed by atoms with Gasteiger partial charge < -0.3 is 16.0 Å². The van der Waals surface area contributed by atoms with Gasteiger partial charge in [0.2, 0.25) is 5.91 Å². The minimum absolute atomic E-state index is 0.0431. The van der Waals surface area contributed by atoms with E-state index < -0.39 is 0 Å². The quantitative estimate of drug-likeness (QED) is 0.748. The molecule has 1 amide bonds. The second-order valence-corrected chi connectivity index (χ2v) is 6.78. The fourth-order valence-corrected chi connectivity index (χ4v) is 4.37. The average Bonchev–Trinajstić information content (AvgIpc) is 3.01. The molecule has 3 rings (SSSR count). The Labute approximate surface area is 120 Å². The van der Waals surface area contributed by atoms with E-state index in [4.69, 9.17) is 18.0 Å². The van der Waals surface area contributed by atoms with Crippen molar-refractivity contribution in [3.8, 4) is 0 Å². The molecule has 1 heterocycles. The van der Waals surface area contributed by atoms with Crippen LogP contribution in [0, 0.1) is 17.8 Å². The number of amides is 1. The molecule has 19 heavy (non-hydrogen) atoms. The van der Waals surface area contributed by atoms with Gasteiger partial charge in [0.15, 0.2) is 5.11 Å². The molecule has 1 saturated heterocycles. The number of hydrogen-bond acceptors (Lipinski definition) is 2. The molecule has 2 bridgehead atoms. The van der Waals surface area contributed by atoms with Gasteiger partial charge in [-0.25, -0.2) is 0 Å². The number of piperidine rings is 1. The molecule has 2 aliphatic carbocycles. The molecule has 0 aromatic rings. The maximum absolute atomic E-state index is 11.2. The zero-order chi connectivity index (χ0) is 13.4. The van der Waals surface area contributed by atoms with Gasteiger partial charge in [0.05, 0.1) is 0 Å². The number of nitrogens with one attached hydrogen (secondary N) is 1. The molecule has 0 spiro atoms. The molecular formula is C14H23N3OS. The number of carbonyl (C=O) groups excluding carboxylic acids is 1. The third kappa shape index (κ3) is 2.71. The maximum atomic E-state index is 11.2. The van der Waals surface area contributed by atoms with Gasteiger partial charge in [-0.3, -0.25) is 4.79 Å². The Hall–Kier alpha value is -0.840. The van der Waals surface area contributed by atoms with Gasteiger partial charge >= 0.3 is 0 Å². The van der Waals surface area contributed by atoms with Crippen molar-refractivity contribution in [1.82, 2.24) is 10.2 Å². The number of nitrogens with two attached hydrogens (primary N) is 1. The second kappa shape index (κ2) is 5.27. The van der Waals surface area contributed by atoms with Gasteiger partial charge in [0.1, 0.15) is 0 Å². The minimum atomic E-state index is -0.161. The van der Waals surface area contributed by atoms with E-state index in [2.05, 4.69) is 10.2 Å². The zero-order valence-corrected chi connectivity index (χ0v) is 12.1. The van der Waals surface area contributed by atoms with Gasteiger partial charge in [-0.2, -0.15) is 0 Å². The highest BCUT2D eigenvalue weighted by Crippen LogP contribution is 2.44. The first-order valence-corrected chi connectivity index (χ1v) is 7.89. The standard InChI is InChI=1S/C14H23N3OS/c15-13(18)10-3-5-17(6-4-10)14(19)16-12-8-9-1-2-11(12)7-9/h9-12H,1-8H2,(H2,15,18)(H,16,19). The Morgan fingerprint density at radius 1 is 1.16 bits per heavy atom. The third-order valence-corrected chi connectivity index (χ3v) is 5.61. The monoisotopic (exact) mass is 281 g/mol. The van der Waals surface area contributed by atoms with E-state index in [1.165, 1.54) is 25.7 Å². The van der Waals surface area contributed by atoms with E-state index in [-0.39, 0.29) is 11.8 Å². The summed E-state index contributed by atoms with van der Waals surface area (Å²) in [6.07, 6.45) is 7.16. The van der Waals surface area contributed by atoms with Crippen molar-refractivity contribution in [2.45, 2.75) is 44.6 Å². The number of rotatable bonds is 2. The largest absolute Gasteiger partial charge is 0.369 e. The van der Waals surface area contributed by atoms with Gasteiger partial charge in [0.25, 0.3) is 0 Å². The molecule has 106 valence electrons. The molecule has 3 unspecified atom stereocenters. The summed E-state index contributed by atoms with van der Waals surface area (Å²) in [6.45, 7) is 1.72. The Balaban J connectivity index is 1.48. The number of nitrogens with zero attached hydrogens (tertiary/aromatic N) is 1. The van der Waals surface area contributed by atoms with Crippen LogP contribution in [-0.2, 0) is 4.79 Å². The molecule has 0 aromatic carbocycles. The van der Waals surface area contributed by atoms with Crippen LogP contribution in [0.4, 0.5) is 0 Å². The van der Waals surface area contributed by atoms with Crippen LogP contribution < -0.4 is 11.1 Å². The van der Waals surface area contributed by atoms with Crippen molar-refractivity contribution in [3.05, 3.63) is 0 Å². The molecule has 3 aliphatic rings. The Kier molecular flexibility index (Phi) is 3.65. The smallest absolute Gasteiger partial charge is 0.220 e. The zero-order valence-electron chi connectivity index (χ0n) is 11.3. The molecule has 0 radical (unpaired) electrons. The molecular weight excluding hydrogens is 258 g/mol. The highest BCUT2D eigenvalue weighted by molar-refractivity contribution is 7.80. The first-order valence-electron chi connectivity index (χ1n) is 7.48. The minimum Gasteiger partial charge on any atom is -0.369 e. The number of thiocarbonyl (C=S) groups is 1. The van der Waals surface area contributed by atoms with Crippen LogP contribution in [0.5, 0.6) is 0 Å². The molecule has 0 aromatic heterocycles. The van der Waals surface area contributed by atoms with Crippen LogP contribution in [0.2, 0.25) is 0 Å². The Morgan fingerprint density at radius 3 is 2.42 bits per heavy atom. The summed E-state index contributed by atoms with van der Waals surface area (Å²) in [5, 5.41) is 4.45. The molecule has 3 fully saturated rings. The van der Waals surface area contributed by atoms with Crippen molar-refractivity contribution < 1.29 is 4.79 Å². The van der Waals surface area contributed by atoms with Crippen molar-refractivity contribution in [3.63, 3.8) is 0 Å². The van der Waals surface area contributed by atoms with Gasteiger partial charge in [-0.05, 0) is 56.2 Å². The summed E-state index contributed by atoms with van der Waals surface area (Å²) in [5.74, 6) is 1.66. The van der Waals surface area contributed by atoms with Gasteiger partial charge in [0, 0.05) is 25.0 Å². The summed E-state index contributed by atoms with van der Waals surface area (Å²) in [6, 6.07) is 0.597. The highest BCUT2D eigenvalue weighted by atomic mass is 32.1. The summed E-state index contributed by atoms with van der Waals surface area (Å²) in [7, 11) is 0. The predicted octanol–water partition coefficient (Wildman–Crippen LogP) is 1.25. The average molecular weight is 281 g/mol. The number of fused-ring (bicyclic) bond motifs is 2. The lowest BCUT2D eigenvalue weighted by molar-refractivity contribution is -0.122. The maximum Gasteiger partial charge on any atom is 0.220 e. The van der Waals surface area contributed by atoms with Gasteiger partial charge in [-0.15, -0.1) is 0 Å². The third-order valence-electron chi connectivity index (χ3n) is 5.23. The molecule has 4 nitrogen and oxygen atoms in total. The number of primary amides is 1. The molecule has 3 N–H and O–H groups in total. The van der Waals surface area contributed by atoms with Crippen LogP contribution >= 0.6 is 12.2 Å². The van der Waals surface area contributed by atoms with Crippen LogP contribution in [-0.4, -0.2) is 35.1 Å². The van der Waals surface area contributed by atoms with Crippen LogP contribution in [0.15, 0.2) is 0 Å². The molecule has 1 aliphatic heterocycles. The topological polar surface area (TPSA) is 58.4 Å². The predicted molar refractivity (Wildman–Crippen MR) is 78.5 cm³/mol. The summed E-state index contributed by atoms with van der Waals surface area (Å²) in [4.78, 5) is 13.4. The van der Waals surface area contributed by atoms with E-state index in [1.807, 2.05) is 0 Å². The van der Waals surface area contributed by atoms with Crippen molar-refractivity contribution in [1.29, 1.82) is 0 Å². The molecule has 2 saturated carbocycles. The van der Waals surface area contributed by atoms with E-state index >= 15 is 0 Å². The normalized spacial score (nSPS) is 34.5. The Bertz CT molecular complexity index is 379. The second-order valence-electron chi connectivity index (χ2n) is 6.39. The van der Waals surface area contributed by atoms with Crippen molar-refractivity contribution >= 4 is 23.2 Å². The van der Waals surface area contributed by atoms with Crippen LogP contribution in [0.1, 0.15) is 38.5 Å². The summed E-state index contributed by atoms with van der Waals surface area (Å²) >= 11 is 5.53. The van der Waals surface area contributed by atoms with Crippen molar-refractivity contribution in [2.24, 2.45) is 23.5 Å². The van der Waals surface area contributed by atoms with Crippen LogP contribution in [0.25, 0.3) is 0 Å². The summed E-state index contributed by atoms with van der Waals surface area (Å²) in [5.41, 5.74) is 5.36. The Morgan fingerprint density at radius 2 is 1.89 bits per heavy atom. The fraction of sp³-hybridized carbons (Fsp3) is 0.857. The number of likely N-dealkylation sites (tertiary alicyclic amines) is 1. The first-order chi connectivity index (χ1) is 9.13. The van der Waals surface area contributed by atoms with Crippen LogP contribution in [0.3, 0.4) is 0 Å². The molecule has 5 heteroatoms. The van der Waals surface area contributed by atoms with E-state index in [0.29, 0.717) is 6.04 Å². The lowest BCUT2D eigenvalue weighted by Crippen LogP contribution is -2.50. The highest BCUT2D eigenvalue weighted by Gasteiger charge is 2.40. The van der Waals surface area contributed by atoms with Crippen molar-refractivity contribution in [2.75, 3.05) is 13.1 Å². The lowest BCUT2D eigenvalue weighted by atomic mass is 9.95. The van der Waals surface area contributed by atoms with E-state index in [1.54, 1.807) is 0 Å². The first kappa shape index (κ1) is 13.2. The summed E-state index contributed by atoms with van der Waals surface area (Å²) < 4.78 is 0.